The lowest BCUT2D eigenvalue weighted by Crippen LogP contribution is -2.24. The van der Waals surface area contributed by atoms with Crippen LogP contribution in [0.25, 0.3) is 0 Å². The molecule has 0 atom stereocenters. The van der Waals surface area contributed by atoms with Crippen molar-refractivity contribution in [2.45, 2.75) is 25.7 Å². The monoisotopic (exact) mass is 154 g/mol. The molecule has 0 bridgehead atoms. The molecule has 0 radical (unpaired) electrons. The lowest BCUT2D eigenvalue weighted by atomic mass is 10.2. The fourth-order valence-corrected chi connectivity index (χ4v) is 1.12. The Hall–Kier alpha value is -1.15. The predicted octanol–water partition coefficient (Wildman–Crippen LogP) is 0.640. The van der Waals surface area contributed by atoms with Gasteiger partial charge in [-0.2, -0.15) is 0 Å². The molecule has 1 amide bonds. The van der Waals surface area contributed by atoms with Gasteiger partial charge in [0, 0.05) is 13.0 Å². The summed E-state index contributed by atoms with van der Waals surface area (Å²) in [6.07, 6.45) is 4.75. The lowest BCUT2D eigenvalue weighted by Gasteiger charge is -2.09. The van der Waals surface area contributed by atoms with Crippen LogP contribution >= 0.6 is 0 Å². The number of hydrogen-bond acceptors (Lipinski definition) is 3. The number of amides is 1. The fourth-order valence-electron chi connectivity index (χ4n) is 1.12. The molecule has 1 aliphatic heterocycles. The smallest absolute Gasteiger partial charge is 0.258 e. The zero-order chi connectivity index (χ0) is 8.10. The molecule has 0 unspecified atom stereocenters. The van der Waals surface area contributed by atoms with Gasteiger partial charge in [-0.1, -0.05) is 11.5 Å². The van der Waals surface area contributed by atoms with Crippen molar-refractivity contribution in [1.82, 2.24) is 5.01 Å². The first-order valence-electron chi connectivity index (χ1n) is 3.73. The van der Waals surface area contributed by atoms with Gasteiger partial charge in [0.15, 0.2) is 0 Å². The van der Waals surface area contributed by atoms with Crippen molar-refractivity contribution in [3.8, 4) is 0 Å². The summed E-state index contributed by atoms with van der Waals surface area (Å²) in [7, 11) is 0. The molecule has 1 heterocycles. The minimum absolute atomic E-state index is 0.0640. The molecular weight excluding hydrogens is 144 g/mol. The zero-order valence-corrected chi connectivity index (χ0v) is 6.25. The second-order valence-electron chi connectivity index (χ2n) is 2.52. The van der Waals surface area contributed by atoms with Crippen molar-refractivity contribution in [2.24, 2.45) is 5.10 Å². The van der Waals surface area contributed by atoms with E-state index in [0.717, 1.165) is 19.3 Å². The average Bonchev–Trinajstić information content (AvgIpc) is 2.18. The number of isocyanates is 1. The Labute approximate surface area is 64.9 Å². The molecule has 0 aromatic rings. The van der Waals surface area contributed by atoms with Gasteiger partial charge in [0.2, 0.25) is 5.91 Å². The minimum Gasteiger partial charge on any atom is -0.273 e. The Morgan fingerprint density at radius 2 is 2.18 bits per heavy atom. The van der Waals surface area contributed by atoms with Crippen LogP contribution in [0, 0.1) is 0 Å². The maximum Gasteiger partial charge on any atom is 0.258 e. The highest BCUT2D eigenvalue weighted by Gasteiger charge is 2.14. The van der Waals surface area contributed by atoms with Crippen LogP contribution in [0.4, 0.5) is 0 Å². The molecule has 1 saturated heterocycles. The van der Waals surface area contributed by atoms with Crippen LogP contribution in [0.3, 0.4) is 0 Å². The quantitative estimate of drug-likeness (QED) is 0.411. The van der Waals surface area contributed by atoms with E-state index in [2.05, 4.69) is 5.10 Å². The third-order valence-electron chi connectivity index (χ3n) is 1.71. The van der Waals surface area contributed by atoms with Crippen LogP contribution in [0.5, 0.6) is 0 Å². The number of carbonyl (C=O) groups is 1. The number of rotatable bonds is 1. The van der Waals surface area contributed by atoms with E-state index in [1.807, 2.05) is 0 Å². The molecule has 1 rings (SSSR count). The summed E-state index contributed by atoms with van der Waals surface area (Å²) >= 11 is 0. The molecule has 0 aromatic heterocycles. The molecule has 0 N–H and O–H groups in total. The first kappa shape index (κ1) is 7.95. The van der Waals surface area contributed by atoms with Gasteiger partial charge in [0.1, 0.15) is 0 Å². The zero-order valence-electron chi connectivity index (χ0n) is 6.25. The Morgan fingerprint density at radius 1 is 1.36 bits per heavy atom. The first-order chi connectivity index (χ1) is 5.34. The molecule has 0 saturated carbocycles. The normalized spacial score (nSPS) is 18.9. The van der Waals surface area contributed by atoms with E-state index in [0.29, 0.717) is 13.0 Å². The van der Waals surface area contributed by atoms with Gasteiger partial charge in [-0.3, -0.25) is 4.79 Å². The van der Waals surface area contributed by atoms with Crippen LogP contribution in [0.15, 0.2) is 5.10 Å². The Morgan fingerprint density at radius 3 is 2.91 bits per heavy atom. The lowest BCUT2D eigenvalue weighted by molar-refractivity contribution is -0.130. The van der Waals surface area contributed by atoms with E-state index >= 15 is 0 Å². The third-order valence-corrected chi connectivity index (χ3v) is 1.71. The van der Waals surface area contributed by atoms with Gasteiger partial charge in [-0.15, -0.1) is 0 Å². The molecular formula is C7H10N2O2. The fraction of sp³-hybridized carbons (Fsp3) is 0.714. The predicted molar refractivity (Wildman–Crippen MR) is 38.3 cm³/mol. The summed E-state index contributed by atoms with van der Waals surface area (Å²) < 4.78 is 0. The van der Waals surface area contributed by atoms with Crippen molar-refractivity contribution >= 4 is 12.0 Å². The average molecular weight is 154 g/mol. The van der Waals surface area contributed by atoms with E-state index in [4.69, 9.17) is 0 Å². The van der Waals surface area contributed by atoms with E-state index in [-0.39, 0.29) is 5.91 Å². The van der Waals surface area contributed by atoms with E-state index in [1.54, 1.807) is 0 Å². The van der Waals surface area contributed by atoms with Gasteiger partial charge >= 0.3 is 0 Å². The standard InChI is InChI=1S/C7H10N2O2/c10-6-8-9-5-3-1-2-4-7(9)11/h1-5H2. The number of hydrogen-bond donors (Lipinski definition) is 0. The van der Waals surface area contributed by atoms with Crippen molar-refractivity contribution in [1.29, 1.82) is 0 Å². The highest BCUT2D eigenvalue weighted by molar-refractivity contribution is 5.76. The highest BCUT2D eigenvalue weighted by Crippen LogP contribution is 2.10. The Balaban J connectivity index is 2.59. The number of hydrazone groups is 1. The SMILES string of the molecule is O=C=NN1CCCCCC1=O. The molecule has 11 heavy (non-hydrogen) atoms. The highest BCUT2D eigenvalue weighted by atomic mass is 16.2. The van der Waals surface area contributed by atoms with Gasteiger partial charge < -0.3 is 0 Å². The van der Waals surface area contributed by atoms with Gasteiger partial charge in [0.05, 0.1) is 0 Å². The number of nitrogens with zero attached hydrogens (tertiary/aromatic N) is 2. The van der Waals surface area contributed by atoms with Gasteiger partial charge in [0.25, 0.3) is 6.08 Å². The maximum atomic E-state index is 11.1. The van der Waals surface area contributed by atoms with E-state index < -0.39 is 0 Å². The van der Waals surface area contributed by atoms with Crippen molar-refractivity contribution in [3.05, 3.63) is 0 Å². The van der Waals surface area contributed by atoms with Crippen LogP contribution in [0.1, 0.15) is 25.7 Å². The molecule has 4 heteroatoms. The summed E-state index contributed by atoms with van der Waals surface area (Å²) in [4.78, 5) is 20.9. The second kappa shape index (κ2) is 3.88. The van der Waals surface area contributed by atoms with Crippen molar-refractivity contribution in [3.63, 3.8) is 0 Å². The second-order valence-corrected chi connectivity index (χ2v) is 2.52. The minimum atomic E-state index is -0.0640. The summed E-state index contributed by atoms with van der Waals surface area (Å²) in [5, 5.41) is 4.51. The summed E-state index contributed by atoms with van der Waals surface area (Å²) in [6.45, 7) is 0.564. The van der Waals surface area contributed by atoms with Crippen LogP contribution < -0.4 is 0 Å². The van der Waals surface area contributed by atoms with Gasteiger partial charge in [-0.05, 0) is 12.8 Å². The van der Waals surface area contributed by atoms with Crippen LogP contribution in [-0.4, -0.2) is 23.5 Å². The molecule has 0 aromatic carbocycles. The van der Waals surface area contributed by atoms with Crippen LogP contribution in [0.2, 0.25) is 0 Å². The van der Waals surface area contributed by atoms with Crippen molar-refractivity contribution in [2.75, 3.05) is 6.54 Å². The van der Waals surface area contributed by atoms with Crippen molar-refractivity contribution < 1.29 is 9.59 Å². The summed E-state index contributed by atoms with van der Waals surface area (Å²) in [5.74, 6) is -0.0640. The molecule has 4 nitrogen and oxygen atoms in total. The van der Waals surface area contributed by atoms with Gasteiger partial charge in [-0.25, -0.2) is 9.80 Å². The number of carbonyl (C=O) groups excluding carboxylic acids is 2. The maximum absolute atomic E-state index is 11.1. The molecule has 1 aliphatic rings. The Bertz CT molecular complexity index is 197. The molecule has 1 fully saturated rings. The molecule has 0 aliphatic carbocycles. The molecule has 0 spiro atoms. The molecule has 60 valence electrons. The Kier molecular flexibility index (Phi) is 2.81. The van der Waals surface area contributed by atoms with E-state index in [1.165, 1.54) is 11.1 Å². The van der Waals surface area contributed by atoms with Crippen LogP contribution in [-0.2, 0) is 9.59 Å². The third kappa shape index (κ3) is 2.16. The summed E-state index contributed by atoms with van der Waals surface area (Å²) in [6, 6.07) is 0. The summed E-state index contributed by atoms with van der Waals surface area (Å²) in [5.41, 5.74) is 0. The topological polar surface area (TPSA) is 49.7 Å². The first-order valence-corrected chi connectivity index (χ1v) is 3.73. The van der Waals surface area contributed by atoms with E-state index in [9.17, 15) is 9.59 Å². The largest absolute Gasteiger partial charge is 0.273 e.